The van der Waals surface area contributed by atoms with Gasteiger partial charge in [0.25, 0.3) is 0 Å². The lowest BCUT2D eigenvalue weighted by atomic mass is 9.92. The summed E-state index contributed by atoms with van der Waals surface area (Å²) in [7, 11) is 0. The van der Waals surface area contributed by atoms with E-state index in [1.807, 2.05) is 37.3 Å². The minimum absolute atomic E-state index is 0.225. The molecule has 0 unspecified atom stereocenters. The molecule has 0 saturated carbocycles. The Bertz CT molecular complexity index is 1040. The molecular weight excluding hydrogens is 368 g/mol. The van der Waals surface area contributed by atoms with E-state index in [4.69, 9.17) is 13.9 Å². The first-order valence-corrected chi connectivity index (χ1v) is 10.1. The van der Waals surface area contributed by atoms with Crippen LogP contribution in [0.4, 0.5) is 0 Å². The first kappa shape index (κ1) is 20.9. The molecule has 0 atom stereocenters. The van der Waals surface area contributed by atoms with Gasteiger partial charge in [-0.1, -0.05) is 37.6 Å². The van der Waals surface area contributed by atoms with Crippen molar-refractivity contribution in [2.24, 2.45) is 0 Å². The van der Waals surface area contributed by atoms with Gasteiger partial charge in [-0.05, 0) is 51.0 Å². The summed E-state index contributed by atoms with van der Waals surface area (Å²) in [6.45, 7) is 8.36. The second-order valence-corrected chi connectivity index (χ2v) is 7.49. The van der Waals surface area contributed by atoms with Gasteiger partial charge < -0.3 is 19.0 Å². The quantitative estimate of drug-likeness (QED) is 0.526. The van der Waals surface area contributed by atoms with Crippen molar-refractivity contribution in [1.82, 2.24) is 0 Å². The Hall–Kier alpha value is -2.79. The molecule has 29 heavy (non-hydrogen) atoms. The number of aliphatic hydroxyl groups is 1. The van der Waals surface area contributed by atoms with Crippen LogP contribution in [0.15, 0.2) is 51.7 Å². The fraction of sp³-hybridized carbons (Fsp3) is 0.375. The molecule has 2 aromatic carbocycles. The molecule has 0 amide bonds. The zero-order valence-corrected chi connectivity index (χ0v) is 17.5. The van der Waals surface area contributed by atoms with Crippen molar-refractivity contribution in [2.75, 3.05) is 13.2 Å². The van der Waals surface area contributed by atoms with Crippen LogP contribution >= 0.6 is 0 Å². The van der Waals surface area contributed by atoms with Gasteiger partial charge in [-0.25, -0.2) is 4.79 Å². The number of hydrogen-bond acceptors (Lipinski definition) is 5. The predicted molar refractivity (Wildman–Crippen MR) is 115 cm³/mol. The molecule has 0 saturated heterocycles. The van der Waals surface area contributed by atoms with Gasteiger partial charge in [0.2, 0.25) is 0 Å². The maximum Gasteiger partial charge on any atom is 0.343 e. The molecule has 5 heteroatoms. The van der Waals surface area contributed by atoms with Crippen LogP contribution in [0, 0.1) is 0 Å². The number of benzene rings is 2. The Morgan fingerprint density at radius 1 is 1.00 bits per heavy atom. The zero-order valence-electron chi connectivity index (χ0n) is 17.5. The lowest BCUT2D eigenvalue weighted by molar-refractivity contribution is 0.0521. The van der Waals surface area contributed by atoms with Crippen LogP contribution in [0.5, 0.6) is 11.5 Å². The van der Waals surface area contributed by atoms with E-state index in [0.717, 1.165) is 23.8 Å². The van der Waals surface area contributed by atoms with Gasteiger partial charge in [-0.3, -0.25) is 0 Å². The topological polar surface area (TPSA) is 68.9 Å². The average molecular weight is 396 g/mol. The highest BCUT2D eigenvalue weighted by atomic mass is 16.5. The molecule has 0 spiro atoms. The lowest BCUT2D eigenvalue weighted by Gasteiger charge is -2.22. The average Bonchev–Trinajstić information content (AvgIpc) is 2.69. The summed E-state index contributed by atoms with van der Waals surface area (Å²) in [5, 5.41) is 11.9. The second kappa shape index (κ2) is 8.70. The van der Waals surface area contributed by atoms with E-state index in [9.17, 15) is 9.90 Å². The van der Waals surface area contributed by atoms with E-state index < -0.39 is 11.2 Å². The summed E-state index contributed by atoms with van der Waals surface area (Å²) in [5.41, 5.74) is -0.339. The Morgan fingerprint density at radius 2 is 1.72 bits per heavy atom. The minimum atomic E-state index is -1.33. The van der Waals surface area contributed by atoms with Crippen molar-refractivity contribution in [2.45, 2.75) is 46.1 Å². The molecule has 1 N–H and O–H groups in total. The summed E-state index contributed by atoms with van der Waals surface area (Å²) in [6, 6.07) is 12.9. The molecule has 1 heterocycles. The molecule has 0 radical (unpaired) electrons. The first-order chi connectivity index (χ1) is 13.9. The highest BCUT2D eigenvalue weighted by Gasteiger charge is 2.27. The van der Waals surface area contributed by atoms with Crippen LogP contribution in [-0.4, -0.2) is 18.3 Å². The number of hydrogen-bond donors (Lipinski definition) is 1. The summed E-state index contributed by atoms with van der Waals surface area (Å²) in [6.07, 6.45) is 2.01. The van der Waals surface area contributed by atoms with E-state index in [-0.39, 0.29) is 5.76 Å². The molecule has 3 aromatic rings. The Labute approximate surface area is 170 Å². The molecule has 0 aliphatic carbocycles. The van der Waals surface area contributed by atoms with Crippen molar-refractivity contribution in [3.05, 3.63) is 58.6 Å². The molecular formula is C24H28O5. The zero-order chi connectivity index (χ0) is 21.0. The van der Waals surface area contributed by atoms with E-state index in [1.165, 1.54) is 0 Å². The van der Waals surface area contributed by atoms with Gasteiger partial charge >= 0.3 is 5.63 Å². The number of rotatable bonds is 8. The van der Waals surface area contributed by atoms with E-state index in [2.05, 4.69) is 6.92 Å². The molecule has 0 aliphatic heterocycles. The normalized spacial score (nSPS) is 11.6. The molecule has 0 aliphatic rings. The van der Waals surface area contributed by atoms with Crippen molar-refractivity contribution in [1.29, 1.82) is 0 Å². The van der Waals surface area contributed by atoms with Crippen molar-refractivity contribution in [3.63, 3.8) is 0 Å². The largest absolute Gasteiger partial charge is 0.490 e. The third-order valence-electron chi connectivity index (χ3n) is 4.68. The third-order valence-corrected chi connectivity index (χ3v) is 4.68. The summed E-state index contributed by atoms with van der Waals surface area (Å²) in [4.78, 5) is 12.5. The summed E-state index contributed by atoms with van der Waals surface area (Å²) >= 11 is 0. The molecule has 154 valence electrons. The van der Waals surface area contributed by atoms with Gasteiger partial charge in [-0.15, -0.1) is 0 Å². The van der Waals surface area contributed by atoms with Crippen molar-refractivity contribution in [3.8, 4) is 22.6 Å². The highest BCUT2D eigenvalue weighted by Crippen LogP contribution is 2.40. The molecule has 0 fully saturated rings. The van der Waals surface area contributed by atoms with Crippen LogP contribution < -0.4 is 15.1 Å². The fourth-order valence-electron chi connectivity index (χ4n) is 3.30. The Balaban J connectivity index is 2.23. The smallest absolute Gasteiger partial charge is 0.343 e. The van der Waals surface area contributed by atoms with Gasteiger partial charge in [0.1, 0.15) is 11.4 Å². The summed E-state index contributed by atoms with van der Waals surface area (Å²) in [5.74, 6) is 1.52. The molecule has 5 nitrogen and oxygen atoms in total. The maximum absolute atomic E-state index is 12.5. The molecule has 3 rings (SSSR count). The third kappa shape index (κ3) is 4.46. The number of unbranched alkanes of at least 4 members (excludes halogenated alkanes) is 1. The maximum atomic E-state index is 12.5. The van der Waals surface area contributed by atoms with Crippen LogP contribution in [0.25, 0.3) is 21.9 Å². The van der Waals surface area contributed by atoms with Gasteiger partial charge in [0.15, 0.2) is 11.5 Å². The Kier molecular flexibility index (Phi) is 6.28. The van der Waals surface area contributed by atoms with Crippen molar-refractivity contribution >= 4 is 10.8 Å². The van der Waals surface area contributed by atoms with Crippen LogP contribution in [0.1, 0.15) is 46.3 Å². The van der Waals surface area contributed by atoms with Crippen LogP contribution in [0.3, 0.4) is 0 Å². The fourth-order valence-corrected chi connectivity index (χ4v) is 3.30. The number of ether oxygens (including phenoxy) is 2. The SMILES string of the molecule is CCCCOc1ccc(-c2c(C(C)(C)O)oc(=O)c3ccccc23)cc1OCC. The van der Waals surface area contributed by atoms with E-state index in [0.29, 0.717) is 35.7 Å². The van der Waals surface area contributed by atoms with Gasteiger partial charge in [0, 0.05) is 10.9 Å². The minimum Gasteiger partial charge on any atom is -0.490 e. The first-order valence-electron chi connectivity index (χ1n) is 10.1. The van der Waals surface area contributed by atoms with Crippen molar-refractivity contribution < 1.29 is 19.0 Å². The van der Waals surface area contributed by atoms with Crippen LogP contribution in [0.2, 0.25) is 0 Å². The summed E-state index contributed by atoms with van der Waals surface area (Å²) < 4.78 is 17.3. The van der Waals surface area contributed by atoms with Gasteiger partial charge in [0.05, 0.1) is 18.6 Å². The molecule has 1 aromatic heterocycles. The molecule has 0 bridgehead atoms. The monoisotopic (exact) mass is 396 g/mol. The highest BCUT2D eigenvalue weighted by molar-refractivity contribution is 5.97. The van der Waals surface area contributed by atoms with Gasteiger partial charge in [-0.2, -0.15) is 0 Å². The van der Waals surface area contributed by atoms with Crippen LogP contribution in [-0.2, 0) is 5.60 Å². The number of fused-ring (bicyclic) bond motifs is 1. The lowest BCUT2D eigenvalue weighted by Crippen LogP contribution is -2.20. The predicted octanol–water partition coefficient (Wildman–Crippen LogP) is 5.27. The second-order valence-electron chi connectivity index (χ2n) is 7.49. The Morgan fingerprint density at radius 3 is 2.38 bits per heavy atom. The van der Waals surface area contributed by atoms with E-state index >= 15 is 0 Å². The van der Waals surface area contributed by atoms with E-state index in [1.54, 1.807) is 26.0 Å². The standard InChI is InChI=1S/C24H28O5/c1-5-7-14-28-19-13-12-16(15-20(19)27-6-2)21-17-10-8-9-11-18(17)23(25)29-22(21)24(3,4)26/h8-13,15,26H,5-7,14H2,1-4H3.